The number of aromatic nitrogens is 1. The summed E-state index contributed by atoms with van der Waals surface area (Å²) in [5.41, 5.74) is 1.64. The number of rotatable bonds is 2. The number of aliphatic hydroxyl groups is 1. The van der Waals surface area contributed by atoms with E-state index in [9.17, 15) is 14.7 Å². The Morgan fingerprint density at radius 3 is 3.00 bits per heavy atom. The van der Waals surface area contributed by atoms with E-state index < -0.39 is 11.8 Å². The molecule has 0 unspecified atom stereocenters. The fraction of sp³-hybridized carbons (Fsp3) is 0.615. The zero-order valence-corrected chi connectivity index (χ0v) is 12.0. The maximum absolute atomic E-state index is 12.1. The van der Waals surface area contributed by atoms with Crippen LogP contribution in [0.5, 0.6) is 0 Å². The van der Waals surface area contributed by atoms with Crippen molar-refractivity contribution in [3.05, 3.63) is 10.4 Å². The third kappa shape index (κ3) is 2.20. The molecule has 1 aromatic rings. The summed E-state index contributed by atoms with van der Waals surface area (Å²) in [6.45, 7) is 2.64. The van der Waals surface area contributed by atoms with Crippen molar-refractivity contribution in [1.29, 1.82) is 0 Å². The number of nitrogens with one attached hydrogen (secondary N) is 1. The summed E-state index contributed by atoms with van der Waals surface area (Å²) in [4.78, 5) is 30.6. The first-order valence-electron chi connectivity index (χ1n) is 6.73. The first-order valence-corrected chi connectivity index (χ1v) is 7.61. The fourth-order valence-corrected chi connectivity index (χ4v) is 3.67. The third-order valence-electron chi connectivity index (χ3n) is 4.28. The Kier molecular flexibility index (Phi) is 3.47. The van der Waals surface area contributed by atoms with Crippen molar-refractivity contribution < 1.29 is 14.7 Å². The Labute approximate surface area is 120 Å². The van der Waals surface area contributed by atoms with Crippen molar-refractivity contribution in [1.82, 2.24) is 9.88 Å². The number of aryl methyl sites for hydroxylation is 1. The summed E-state index contributed by atoms with van der Waals surface area (Å²) in [5, 5.41) is 11.7. The molecule has 0 spiro atoms. The van der Waals surface area contributed by atoms with Crippen LogP contribution >= 0.6 is 11.3 Å². The lowest BCUT2D eigenvalue weighted by Gasteiger charge is -2.43. The Morgan fingerprint density at radius 1 is 1.55 bits per heavy atom. The van der Waals surface area contributed by atoms with Crippen molar-refractivity contribution in [2.75, 3.05) is 18.5 Å². The Morgan fingerprint density at radius 2 is 2.35 bits per heavy atom. The molecule has 7 heteroatoms. The van der Waals surface area contributed by atoms with Gasteiger partial charge in [-0.3, -0.25) is 9.59 Å². The molecule has 108 valence electrons. The van der Waals surface area contributed by atoms with Gasteiger partial charge in [-0.15, -0.1) is 11.3 Å². The van der Waals surface area contributed by atoms with Gasteiger partial charge in [0.05, 0.1) is 5.51 Å². The summed E-state index contributed by atoms with van der Waals surface area (Å²) in [6, 6.07) is 0.127. The highest BCUT2D eigenvalue weighted by Gasteiger charge is 2.49. The normalized spacial score (nSPS) is 27.9. The first kappa shape index (κ1) is 13.5. The van der Waals surface area contributed by atoms with Gasteiger partial charge < -0.3 is 15.3 Å². The molecule has 3 rings (SSSR count). The van der Waals surface area contributed by atoms with Crippen LogP contribution in [-0.2, 0) is 9.59 Å². The van der Waals surface area contributed by atoms with Gasteiger partial charge in [-0.1, -0.05) is 0 Å². The van der Waals surface area contributed by atoms with Crippen LogP contribution in [0.25, 0.3) is 0 Å². The lowest BCUT2D eigenvalue weighted by Crippen LogP contribution is -2.58. The predicted molar refractivity (Wildman–Crippen MR) is 74.3 cm³/mol. The maximum Gasteiger partial charge on any atom is 0.315 e. The van der Waals surface area contributed by atoms with E-state index in [0.717, 1.165) is 17.7 Å². The summed E-state index contributed by atoms with van der Waals surface area (Å²) in [5.74, 6) is 0.0729. The highest BCUT2D eigenvalue weighted by atomic mass is 32.1. The van der Waals surface area contributed by atoms with Gasteiger partial charge in [0.15, 0.2) is 0 Å². The lowest BCUT2D eigenvalue weighted by molar-refractivity contribution is -0.151. The molecule has 1 aliphatic heterocycles. The van der Waals surface area contributed by atoms with Gasteiger partial charge in [-0.05, 0) is 31.6 Å². The number of carbonyl (C=O) groups excluding carboxylic acids is 2. The van der Waals surface area contributed by atoms with Crippen LogP contribution in [0.15, 0.2) is 5.51 Å². The van der Waals surface area contributed by atoms with E-state index >= 15 is 0 Å². The molecular formula is C13H17N3O3S. The van der Waals surface area contributed by atoms with Crippen molar-refractivity contribution in [2.24, 2.45) is 11.8 Å². The Balaban J connectivity index is 1.60. The van der Waals surface area contributed by atoms with Gasteiger partial charge >= 0.3 is 11.8 Å². The van der Waals surface area contributed by atoms with Gasteiger partial charge in [-0.2, -0.15) is 0 Å². The number of hydrogen-bond acceptors (Lipinski definition) is 5. The molecule has 0 aromatic carbocycles. The van der Waals surface area contributed by atoms with Crippen LogP contribution in [0, 0.1) is 18.8 Å². The average molecular weight is 295 g/mol. The smallest absolute Gasteiger partial charge is 0.315 e. The molecule has 3 atom stereocenters. The molecule has 1 saturated heterocycles. The quantitative estimate of drug-likeness (QED) is 0.784. The van der Waals surface area contributed by atoms with Gasteiger partial charge in [0, 0.05) is 24.1 Å². The summed E-state index contributed by atoms with van der Waals surface area (Å²) >= 11 is 1.43. The number of anilines is 1. The molecule has 0 bridgehead atoms. The third-order valence-corrected chi connectivity index (χ3v) is 5.03. The summed E-state index contributed by atoms with van der Waals surface area (Å²) < 4.78 is 0. The van der Waals surface area contributed by atoms with E-state index in [1.807, 2.05) is 6.92 Å². The van der Waals surface area contributed by atoms with E-state index in [2.05, 4.69) is 10.3 Å². The number of nitrogens with zero attached hydrogens (tertiary/aromatic N) is 2. The molecule has 2 N–H and O–H groups in total. The molecule has 1 saturated carbocycles. The van der Waals surface area contributed by atoms with Crippen molar-refractivity contribution >= 4 is 29.0 Å². The highest BCUT2D eigenvalue weighted by Crippen LogP contribution is 2.42. The highest BCUT2D eigenvalue weighted by molar-refractivity contribution is 7.10. The molecule has 0 radical (unpaired) electrons. The minimum Gasteiger partial charge on any atom is -0.396 e. The molecular weight excluding hydrogens is 278 g/mol. The second-order valence-corrected chi connectivity index (χ2v) is 6.58. The molecule has 2 heterocycles. The number of thiazole rings is 1. The SMILES string of the molecule is Cc1scnc1NC(=O)C(=O)N1C[C@@H]2C[C@@H](CO)C[C@@H]21. The number of amides is 2. The van der Waals surface area contributed by atoms with E-state index in [1.165, 1.54) is 11.3 Å². The maximum atomic E-state index is 12.1. The van der Waals surface area contributed by atoms with Crippen LogP contribution in [0.2, 0.25) is 0 Å². The lowest BCUT2D eigenvalue weighted by atomic mass is 9.92. The second-order valence-electron chi connectivity index (χ2n) is 5.52. The van der Waals surface area contributed by atoms with Gasteiger partial charge in [0.2, 0.25) is 0 Å². The number of carbonyl (C=O) groups is 2. The number of fused-ring (bicyclic) bond motifs is 1. The largest absolute Gasteiger partial charge is 0.396 e. The number of likely N-dealkylation sites (tertiary alicyclic amines) is 1. The Bertz CT molecular complexity index is 545. The van der Waals surface area contributed by atoms with Crippen LogP contribution in [0.1, 0.15) is 17.7 Å². The molecule has 2 aliphatic rings. The van der Waals surface area contributed by atoms with Crippen LogP contribution in [-0.4, -0.2) is 46.0 Å². The average Bonchev–Trinajstić information content (AvgIpc) is 2.95. The molecule has 20 heavy (non-hydrogen) atoms. The van der Waals surface area contributed by atoms with Crippen molar-refractivity contribution in [3.8, 4) is 0 Å². The number of hydrogen-bond donors (Lipinski definition) is 2. The van der Waals surface area contributed by atoms with E-state index in [0.29, 0.717) is 18.3 Å². The predicted octanol–water partition coefficient (Wildman–Crippen LogP) is 0.619. The minimum absolute atomic E-state index is 0.127. The minimum atomic E-state index is -0.620. The van der Waals surface area contributed by atoms with Crippen molar-refractivity contribution in [3.63, 3.8) is 0 Å². The molecule has 2 fully saturated rings. The van der Waals surface area contributed by atoms with Gasteiger partial charge in [-0.25, -0.2) is 4.98 Å². The second kappa shape index (κ2) is 5.14. The van der Waals surface area contributed by atoms with E-state index in [-0.39, 0.29) is 18.6 Å². The van der Waals surface area contributed by atoms with E-state index in [1.54, 1.807) is 10.4 Å². The number of aliphatic hydroxyl groups excluding tert-OH is 1. The van der Waals surface area contributed by atoms with Crippen molar-refractivity contribution in [2.45, 2.75) is 25.8 Å². The first-order chi connectivity index (χ1) is 9.60. The fourth-order valence-electron chi connectivity index (χ4n) is 3.14. The Hall–Kier alpha value is -1.47. The van der Waals surface area contributed by atoms with Crippen LogP contribution < -0.4 is 5.32 Å². The summed E-state index contributed by atoms with van der Waals surface area (Å²) in [6.07, 6.45) is 1.76. The summed E-state index contributed by atoms with van der Waals surface area (Å²) in [7, 11) is 0. The monoisotopic (exact) mass is 295 g/mol. The standard InChI is InChI=1S/C13H17N3O3S/c1-7-11(14-6-20-7)15-12(18)13(19)16-4-9-2-8(5-17)3-10(9)16/h6,8-10,17H,2-5H2,1H3,(H,15,18)/t8-,9+,10+/m1/s1. The molecule has 1 aromatic heterocycles. The van der Waals surface area contributed by atoms with Gasteiger partial charge in [0.25, 0.3) is 0 Å². The molecule has 6 nitrogen and oxygen atoms in total. The zero-order valence-electron chi connectivity index (χ0n) is 11.2. The molecule has 2 amide bonds. The van der Waals surface area contributed by atoms with Crippen LogP contribution in [0.3, 0.4) is 0 Å². The zero-order chi connectivity index (χ0) is 14.3. The molecule has 1 aliphatic carbocycles. The van der Waals surface area contributed by atoms with E-state index in [4.69, 9.17) is 0 Å². The van der Waals surface area contributed by atoms with Gasteiger partial charge in [0.1, 0.15) is 5.82 Å². The van der Waals surface area contributed by atoms with Crippen LogP contribution in [0.4, 0.5) is 5.82 Å². The topological polar surface area (TPSA) is 82.5 Å².